The topological polar surface area (TPSA) is 128 Å². The molecule has 4 rings (SSSR count). The number of hydrogen-bond donors (Lipinski definition) is 5. The molecule has 0 bridgehead atoms. The van der Waals surface area contributed by atoms with Gasteiger partial charge in [-0.3, -0.25) is 9.59 Å². The Kier molecular flexibility index (Phi) is 7.23. The van der Waals surface area contributed by atoms with Gasteiger partial charge in [-0.2, -0.15) is 9.78 Å². The molecular weight excluding hydrogens is 462 g/mol. The number of fused-ring (bicyclic) bond motifs is 1. The van der Waals surface area contributed by atoms with Crippen LogP contribution in [0.4, 0.5) is 0 Å². The number of thiophene rings is 1. The molecule has 0 fully saturated rings. The molecule has 0 aliphatic rings. The molecule has 1 amide bonds. The summed E-state index contributed by atoms with van der Waals surface area (Å²) in [5, 5.41) is 21.3. The first-order valence-electron chi connectivity index (χ1n) is 11.1. The fourth-order valence-electron chi connectivity index (χ4n) is 3.87. The minimum Gasteiger partial charge on any atom is -0.392 e. The third-order valence-corrected chi connectivity index (χ3v) is 6.86. The van der Waals surface area contributed by atoms with Crippen molar-refractivity contribution >= 4 is 40.1 Å². The second kappa shape index (κ2) is 10.5. The summed E-state index contributed by atoms with van der Waals surface area (Å²) in [5.74, 6) is -0.418. The van der Waals surface area contributed by atoms with Crippen LogP contribution in [0.3, 0.4) is 0 Å². The van der Waals surface area contributed by atoms with Gasteiger partial charge in [-0.1, -0.05) is 24.3 Å². The van der Waals surface area contributed by atoms with Gasteiger partial charge in [-0.15, -0.1) is 11.3 Å². The van der Waals surface area contributed by atoms with E-state index >= 15 is 0 Å². The minimum absolute atomic E-state index is 0.0800. The first kappa shape index (κ1) is 24.1. The molecule has 0 radical (unpaired) electrons. The number of aromatic nitrogens is 3. The Labute approximate surface area is 206 Å². The van der Waals surface area contributed by atoms with Gasteiger partial charge in [0.1, 0.15) is 5.70 Å². The lowest BCUT2D eigenvalue weighted by molar-refractivity contribution is 0.0935. The van der Waals surface area contributed by atoms with Crippen molar-refractivity contribution in [3.05, 3.63) is 81.3 Å². The molecule has 0 unspecified atom stereocenters. The van der Waals surface area contributed by atoms with Crippen molar-refractivity contribution in [3.63, 3.8) is 0 Å². The standard InChI is InChI=1S/C25H27N7O2S/c1-15(20-8-9-21(35-20)18-7-5-4-6-16(18)13-27-2)30-24(33)23-22-19(10-11-29-22)25(34)32(31-23)17(12-26)14-28-3/h4-12,14-15,26-29H,13H2,1-3H3,(H,30,33)/b17-14+,26-12?/t15-/m1/s1. The monoisotopic (exact) mass is 489 g/mol. The minimum atomic E-state index is -0.418. The Morgan fingerprint density at radius 2 is 2.03 bits per heavy atom. The molecule has 3 heterocycles. The summed E-state index contributed by atoms with van der Waals surface area (Å²) in [4.78, 5) is 31.2. The molecular formula is C25H27N7O2S. The van der Waals surface area contributed by atoms with Crippen LogP contribution in [0.5, 0.6) is 0 Å². The molecule has 0 aliphatic heterocycles. The SMILES string of the molecule is CN/C=C(\C=N)n1nc(C(=O)N[C@H](C)c2ccc(-c3ccccc3CNC)s2)c2[nH]ccc2c1=O. The number of amides is 1. The molecule has 180 valence electrons. The number of carbonyl (C=O) groups is 1. The molecule has 1 aromatic carbocycles. The molecule has 5 N–H and O–H groups in total. The Hall–Kier alpha value is -4.02. The number of hydrogen-bond acceptors (Lipinski definition) is 7. The van der Waals surface area contributed by atoms with Gasteiger partial charge in [0.2, 0.25) is 0 Å². The highest BCUT2D eigenvalue weighted by atomic mass is 32.1. The second-order valence-electron chi connectivity index (χ2n) is 7.92. The third kappa shape index (κ3) is 4.79. The molecule has 10 heteroatoms. The maximum atomic E-state index is 13.3. The summed E-state index contributed by atoms with van der Waals surface area (Å²) in [6.07, 6.45) is 4.08. The van der Waals surface area contributed by atoms with Gasteiger partial charge in [0, 0.05) is 42.0 Å². The maximum absolute atomic E-state index is 13.3. The van der Waals surface area contributed by atoms with Crippen LogP contribution < -0.4 is 21.5 Å². The Bertz CT molecular complexity index is 1460. The van der Waals surface area contributed by atoms with Crippen LogP contribution in [0.25, 0.3) is 27.0 Å². The van der Waals surface area contributed by atoms with Crippen molar-refractivity contribution in [1.29, 1.82) is 5.41 Å². The lowest BCUT2D eigenvalue weighted by Gasteiger charge is -2.14. The molecule has 0 spiro atoms. The van der Waals surface area contributed by atoms with E-state index in [1.807, 2.05) is 32.2 Å². The number of nitrogens with zero attached hydrogens (tertiary/aromatic N) is 2. The number of H-pyrrole nitrogens is 1. The molecule has 35 heavy (non-hydrogen) atoms. The van der Waals surface area contributed by atoms with E-state index < -0.39 is 11.5 Å². The number of aromatic amines is 1. The lowest BCUT2D eigenvalue weighted by atomic mass is 10.1. The van der Waals surface area contributed by atoms with Gasteiger partial charge in [0.15, 0.2) is 5.69 Å². The molecule has 0 saturated heterocycles. The highest BCUT2D eigenvalue weighted by molar-refractivity contribution is 7.15. The van der Waals surface area contributed by atoms with Gasteiger partial charge in [-0.05, 0) is 43.3 Å². The van der Waals surface area contributed by atoms with E-state index in [4.69, 9.17) is 5.41 Å². The summed E-state index contributed by atoms with van der Waals surface area (Å²) in [6, 6.07) is 13.7. The van der Waals surface area contributed by atoms with Crippen molar-refractivity contribution in [1.82, 2.24) is 30.7 Å². The maximum Gasteiger partial charge on any atom is 0.281 e. The summed E-state index contributed by atoms with van der Waals surface area (Å²) < 4.78 is 1.06. The van der Waals surface area contributed by atoms with Crippen molar-refractivity contribution in [2.24, 2.45) is 0 Å². The summed E-state index contributed by atoms with van der Waals surface area (Å²) in [6.45, 7) is 2.68. The zero-order chi connectivity index (χ0) is 24.9. The fourth-order valence-corrected chi connectivity index (χ4v) is 4.94. The van der Waals surface area contributed by atoms with Crippen LogP contribution in [0.1, 0.15) is 33.9 Å². The predicted octanol–water partition coefficient (Wildman–Crippen LogP) is 3.33. The van der Waals surface area contributed by atoms with Crippen molar-refractivity contribution < 1.29 is 4.79 Å². The van der Waals surface area contributed by atoms with E-state index in [-0.39, 0.29) is 17.4 Å². The Balaban J connectivity index is 1.64. The van der Waals surface area contributed by atoms with Gasteiger partial charge in [0.25, 0.3) is 11.5 Å². The van der Waals surface area contributed by atoms with Crippen molar-refractivity contribution in [3.8, 4) is 10.4 Å². The highest BCUT2D eigenvalue weighted by Crippen LogP contribution is 2.33. The summed E-state index contributed by atoms with van der Waals surface area (Å²) in [7, 11) is 3.58. The molecule has 4 aromatic rings. The predicted molar refractivity (Wildman–Crippen MR) is 141 cm³/mol. The van der Waals surface area contributed by atoms with Crippen LogP contribution >= 0.6 is 11.3 Å². The Morgan fingerprint density at radius 1 is 1.23 bits per heavy atom. The van der Waals surface area contributed by atoms with Crippen molar-refractivity contribution in [2.45, 2.75) is 19.5 Å². The molecule has 3 aromatic heterocycles. The van der Waals surface area contributed by atoms with E-state index in [0.29, 0.717) is 10.9 Å². The third-order valence-electron chi connectivity index (χ3n) is 5.56. The van der Waals surface area contributed by atoms with E-state index in [2.05, 4.69) is 44.2 Å². The zero-order valence-corrected chi connectivity index (χ0v) is 20.5. The van der Waals surface area contributed by atoms with Gasteiger partial charge in [-0.25, -0.2) is 0 Å². The van der Waals surface area contributed by atoms with Crippen LogP contribution in [-0.2, 0) is 6.54 Å². The van der Waals surface area contributed by atoms with Crippen LogP contribution in [0.15, 0.2) is 59.7 Å². The van der Waals surface area contributed by atoms with Gasteiger partial charge in [0.05, 0.1) is 16.9 Å². The zero-order valence-electron chi connectivity index (χ0n) is 19.7. The molecule has 0 aliphatic carbocycles. The second-order valence-corrected chi connectivity index (χ2v) is 9.03. The number of rotatable bonds is 9. The highest BCUT2D eigenvalue weighted by Gasteiger charge is 2.21. The lowest BCUT2D eigenvalue weighted by Crippen LogP contribution is -2.32. The molecule has 9 nitrogen and oxygen atoms in total. The average Bonchev–Trinajstić information content (AvgIpc) is 3.54. The molecule has 0 saturated carbocycles. The smallest absolute Gasteiger partial charge is 0.281 e. The van der Waals surface area contributed by atoms with Crippen LogP contribution in [-0.4, -0.2) is 41.0 Å². The van der Waals surface area contributed by atoms with Crippen molar-refractivity contribution in [2.75, 3.05) is 14.1 Å². The van der Waals surface area contributed by atoms with E-state index in [0.717, 1.165) is 32.8 Å². The summed E-state index contributed by atoms with van der Waals surface area (Å²) in [5.41, 5.74) is 2.60. The first-order chi connectivity index (χ1) is 17.0. The van der Waals surface area contributed by atoms with E-state index in [1.54, 1.807) is 30.6 Å². The number of allylic oxidation sites excluding steroid dienone is 1. The normalized spacial score (nSPS) is 12.5. The molecule has 1 atom stereocenters. The number of nitrogens with one attached hydrogen (secondary N) is 5. The first-order valence-corrected chi connectivity index (χ1v) is 11.9. The largest absolute Gasteiger partial charge is 0.392 e. The van der Waals surface area contributed by atoms with E-state index in [1.165, 1.54) is 11.8 Å². The summed E-state index contributed by atoms with van der Waals surface area (Å²) >= 11 is 1.62. The number of benzene rings is 1. The van der Waals surface area contributed by atoms with Gasteiger partial charge >= 0.3 is 0 Å². The Morgan fingerprint density at radius 3 is 2.77 bits per heavy atom. The average molecular weight is 490 g/mol. The quantitative estimate of drug-likeness (QED) is 0.231. The van der Waals surface area contributed by atoms with Crippen LogP contribution in [0.2, 0.25) is 0 Å². The number of carbonyl (C=O) groups excluding carboxylic acids is 1. The van der Waals surface area contributed by atoms with E-state index in [9.17, 15) is 9.59 Å². The van der Waals surface area contributed by atoms with Crippen LogP contribution in [0, 0.1) is 5.41 Å². The fraction of sp³-hybridized carbons (Fsp3) is 0.200. The van der Waals surface area contributed by atoms with Gasteiger partial charge < -0.3 is 26.3 Å².